The van der Waals surface area contributed by atoms with Gasteiger partial charge in [0.1, 0.15) is 0 Å². The molecule has 2 aliphatic rings. The van der Waals surface area contributed by atoms with E-state index in [1.165, 1.54) is 43.5 Å². The molecule has 238 valence electrons. The zero-order valence-electron chi connectivity index (χ0n) is 26.5. The zero-order chi connectivity index (χ0) is 31.2. The van der Waals surface area contributed by atoms with Gasteiger partial charge in [0.05, 0.1) is 11.8 Å². The van der Waals surface area contributed by atoms with Crippen LogP contribution in [-0.4, -0.2) is 31.0 Å². The molecular formula is C35H50F2N2O4. The number of halogens is 2. The molecule has 1 heterocycles. The number of esters is 2. The van der Waals surface area contributed by atoms with Crippen LogP contribution in [0.3, 0.4) is 0 Å². The van der Waals surface area contributed by atoms with Crippen molar-refractivity contribution in [2.24, 2.45) is 23.7 Å². The number of carbonyl (C=O) groups excluding carboxylic acids is 2. The summed E-state index contributed by atoms with van der Waals surface area (Å²) in [5.74, 6) is -3.83. The van der Waals surface area contributed by atoms with E-state index in [1.807, 2.05) is 31.1 Å². The first-order chi connectivity index (χ1) is 20.7. The maximum absolute atomic E-state index is 14.6. The molecule has 6 nitrogen and oxygen atoms in total. The number of pyridine rings is 1. The number of anilines is 1. The maximum Gasteiger partial charge on any atom is 0.314 e. The number of benzene rings is 1. The molecule has 2 aliphatic carbocycles. The van der Waals surface area contributed by atoms with Crippen molar-refractivity contribution < 1.29 is 27.8 Å². The van der Waals surface area contributed by atoms with E-state index < -0.39 is 35.1 Å². The lowest BCUT2D eigenvalue weighted by atomic mass is 9.80. The van der Waals surface area contributed by atoms with Crippen molar-refractivity contribution in [3.63, 3.8) is 0 Å². The van der Waals surface area contributed by atoms with Crippen LogP contribution in [0.2, 0.25) is 0 Å². The molecule has 2 saturated carbocycles. The minimum Gasteiger partial charge on any atom is -0.423 e. The lowest BCUT2D eigenvalue weighted by molar-refractivity contribution is -0.141. The summed E-state index contributed by atoms with van der Waals surface area (Å²) in [6.45, 7) is 4.34. The van der Waals surface area contributed by atoms with E-state index in [2.05, 4.69) is 18.8 Å². The van der Waals surface area contributed by atoms with E-state index in [-0.39, 0.29) is 11.8 Å². The second kappa shape index (κ2) is 17.9. The highest BCUT2D eigenvalue weighted by atomic mass is 19.2. The van der Waals surface area contributed by atoms with Crippen molar-refractivity contribution in [1.29, 1.82) is 0 Å². The molecule has 0 amide bonds. The molecule has 43 heavy (non-hydrogen) atoms. The summed E-state index contributed by atoms with van der Waals surface area (Å²) in [4.78, 5) is 31.0. The number of carbonyl (C=O) groups is 2. The summed E-state index contributed by atoms with van der Waals surface area (Å²) in [7, 11) is 4.02. The molecule has 4 rings (SSSR count). The highest BCUT2D eigenvalue weighted by Crippen LogP contribution is 2.36. The van der Waals surface area contributed by atoms with E-state index in [4.69, 9.17) is 9.47 Å². The van der Waals surface area contributed by atoms with E-state index >= 15 is 0 Å². The van der Waals surface area contributed by atoms with E-state index in [1.54, 1.807) is 12.4 Å². The Morgan fingerprint density at radius 3 is 1.58 bits per heavy atom. The van der Waals surface area contributed by atoms with Gasteiger partial charge in [-0.2, -0.15) is 8.78 Å². The van der Waals surface area contributed by atoms with Gasteiger partial charge < -0.3 is 14.4 Å². The Morgan fingerprint density at radius 1 is 0.721 bits per heavy atom. The average molecular weight is 601 g/mol. The summed E-state index contributed by atoms with van der Waals surface area (Å²) in [5.41, 5.74) is 1.19. The third-order valence-electron chi connectivity index (χ3n) is 8.88. The SMILES string of the molecule is CCCCCC1CCC(C(=O)Oc2ccc(OC(=O)C3CCC(CCC)CC3)c(F)c2F)CC1.CN(C)c1ccncc1. The van der Waals surface area contributed by atoms with Gasteiger partial charge in [-0.25, -0.2) is 0 Å². The number of unbranched alkanes of at least 4 members (excludes halogenated alkanes) is 2. The summed E-state index contributed by atoms with van der Waals surface area (Å²) < 4.78 is 39.6. The minimum atomic E-state index is -1.29. The molecule has 2 fully saturated rings. The number of aromatic nitrogens is 1. The standard InChI is InChI=1S/C28H40F2O4.C7H10N2/c1-3-5-6-8-20-11-15-22(16-12-20)28(32)34-24-18-17-23(25(29)26(24)30)33-27(31)21-13-9-19(7-4-2)10-14-21;1-9(2)7-3-5-8-6-4-7/h17-22H,3-16H2,1-2H3;3-6H,1-2H3. The second-order valence-corrected chi connectivity index (χ2v) is 12.4. The molecule has 0 aliphatic heterocycles. The van der Waals surface area contributed by atoms with Gasteiger partial charge in [-0.3, -0.25) is 14.6 Å². The average Bonchev–Trinajstić information content (AvgIpc) is 3.02. The third kappa shape index (κ3) is 10.9. The largest absolute Gasteiger partial charge is 0.423 e. The molecule has 0 N–H and O–H groups in total. The van der Waals surface area contributed by atoms with Crippen LogP contribution >= 0.6 is 0 Å². The Labute approximate surface area is 256 Å². The van der Waals surface area contributed by atoms with Crippen LogP contribution in [0.1, 0.15) is 104 Å². The normalized spacial score (nSPS) is 21.7. The van der Waals surface area contributed by atoms with Crippen molar-refractivity contribution >= 4 is 17.6 Å². The van der Waals surface area contributed by atoms with Gasteiger partial charge >= 0.3 is 11.9 Å². The van der Waals surface area contributed by atoms with E-state index in [9.17, 15) is 18.4 Å². The Kier molecular flexibility index (Phi) is 14.4. The predicted octanol–water partition coefficient (Wildman–Crippen LogP) is 8.92. The molecule has 0 atom stereocenters. The first-order valence-corrected chi connectivity index (χ1v) is 16.2. The summed E-state index contributed by atoms with van der Waals surface area (Å²) in [6, 6.07) is 6.29. The quantitative estimate of drug-likeness (QED) is 0.146. The fourth-order valence-corrected chi connectivity index (χ4v) is 6.16. The predicted molar refractivity (Wildman–Crippen MR) is 166 cm³/mol. The van der Waals surface area contributed by atoms with Crippen LogP contribution < -0.4 is 14.4 Å². The number of rotatable bonds is 11. The van der Waals surface area contributed by atoms with Crippen molar-refractivity contribution in [1.82, 2.24) is 4.98 Å². The molecule has 8 heteroatoms. The van der Waals surface area contributed by atoms with E-state index in [0.717, 1.165) is 51.4 Å². The lowest BCUT2D eigenvalue weighted by Gasteiger charge is -2.27. The summed E-state index contributed by atoms with van der Waals surface area (Å²) >= 11 is 0. The van der Waals surface area contributed by atoms with Crippen LogP contribution in [-0.2, 0) is 9.59 Å². The highest BCUT2D eigenvalue weighted by molar-refractivity contribution is 5.76. The molecule has 0 saturated heterocycles. The first-order valence-electron chi connectivity index (χ1n) is 16.2. The molecule has 1 aromatic heterocycles. The van der Waals surface area contributed by atoms with Gasteiger partial charge in [0.2, 0.25) is 11.6 Å². The molecular weight excluding hydrogens is 550 g/mol. The number of hydrogen-bond donors (Lipinski definition) is 0. The highest BCUT2D eigenvalue weighted by Gasteiger charge is 2.31. The monoisotopic (exact) mass is 600 g/mol. The fraction of sp³-hybridized carbons (Fsp3) is 0.629. The fourth-order valence-electron chi connectivity index (χ4n) is 6.16. The minimum absolute atomic E-state index is 0.287. The molecule has 0 bridgehead atoms. The summed E-state index contributed by atoms with van der Waals surface area (Å²) in [5, 5.41) is 0. The van der Waals surface area contributed by atoms with Crippen LogP contribution in [0.5, 0.6) is 11.5 Å². The van der Waals surface area contributed by atoms with Gasteiger partial charge in [-0.1, -0.05) is 52.4 Å². The Bertz CT molecular complexity index is 1130. The van der Waals surface area contributed by atoms with E-state index in [0.29, 0.717) is 24.7 Å². The number of nitrogens with zero attached hydrogens (tertiary/aromatic N) is 2. The number of ether oxygens (including phenoxy) is 2. The zero-order valence-corrected chi connectivity index (χ0v) is 26.5. The van der Waals surface area contributed by atoms with Crippen LogP contribution in [0.25, 0.3) is 0 Å². The van der Waals surface area contributed by atoms with Gasteiger partial charge in [0, 0.05) is 32.2 Å². The van der Waals surface area contributed by atoms with Gasteiger partial charge in [0.15, 0.2) is 11.5 Å². The van der Waals surface area contributed by atoms with Gasteiger partial charge in [0.25, 0.3) is 0 Å². The van der Waals surface area contributed by atoms with Crippen molar-refractivity contribution in [2.45, 2.75) is 104 Å². The molecule has 2 aromatic rings. The van der Waals surface area contributed by atoms with Crippen molar-refractivity contribution in [2.75, 3.05) is 19.0 Å². The Balaban J connectivity index is 0.000000480. The van der Waals surface area contributed by atoms with Gasteiger partial charge in [-0.05, 0) is 87.5 Å². The second-order valence-electron chi connectivity index (χ2n) is 12.4. The lowest BCUT2D eigenvalue weighted by Crippen LogP contribution is -2.26. The topological polar surface area (TPSA) is 68.7 Å². The summed E-state index contributed by atoms with van der Waals surface area (Å²) in [6.07, 6.45) is 17.4. The Morgan fingerprint density at radius 2 is 1.19 bits per heavy atom. The molecule has 0 unspecified atom stereocenters. The first kappa shape index (κ1) is 34.5. The van der Waals surface area contributed by atoms with Crippen LogP contribution in [0, 0.1) is 35.3 Å². The maximum atomic E-state index is 14.6. The molecule has 1 aromatic carbocycles. The van der Waals surface area contributed by atoms with Crippen LogP contribution in [0.15, 0.2) is 36.7 Å². The number of hydrogen-bond acceptors (Lipinski definition) is 6. The molecule has 0 spiro atoms. The van der Waals surface area contributed by atoms with Crippen molar-refractivity contribution in [3.8, 4) is 11.5 Å². The molecule has 0 radical (unpaired) electrons. The van der Waals surface area contributed by atoms with Crippen molar-refractivity contribution in [3.05, 3.63) is 48.3 Å². The van der Waals surface area contributed by atoms with Crippen LogP contribution in [0.4, 0.5) is 14.5 Å². The smallest absolute Gasteiger partial charge is 0.314 e. The third-order valence-corrected chi connectivity index (χ3v) is 8.88. The van der Waals surface area contributed by atoms with Gasteiger partial charge in [-0.15, -0.1) is 0 Å². The Hall–Kier alpha value is -3.03.